The van der Waals surface area contributed by atoms with E-state index in [-0.39, 0.29) is 0 Å². The Hall–Kier alpha value is 0.247. The van der Waals surface area contributed by atoms with Gasteiger partial charge in [-0.15, -0.1) is 11.6 Å². The fourth-order valence-corrected chi connectivity index (χ4v) is 3.57. The lowest BCUT2D eigenvalue weighted by Crippen LogP contribution is -2.21. The van der Waals surface area contributed by atoms with Crippen LogP contribution in [0.1, 0.15) is 13.3 Å². The Morgan fingerprint density at radius 2 is 2.00 bits per heavy atom. The Kier molecular flexibility index (Phi) is 5.09. The van der Waals surface area contributed by atoms with Crippen molar-refractivity contribution in [2.75, 3.05) is 5.88 Å². The molecule has 0 bridgehead atoms. The second-order valence-corrected chi connectivity index (χ2v) is 8.47. The van der Waals surface area contributed by atoms with Gasteiger partial charge in [-0.05, 0) is 13.3 Å². The highest BCUT2D eigenvalue weighted by Gasteiger charge is 2.14. The number of allylic oxidation sites excluding steroid dienone is 1. The van der Waals surface area contributed by atoms with E-state index in [1.807, 2.05) is 0 Å². The molecule has 0 radical (unpaired) electrons. The molecule has 0 aromatic heterocycles. The lowest BCUT2D eigenvalue weighted by molar-refractivity contribution is 1.06. The molecule has 0 N–H and O–H groups in total. The summed E-state index contributed by atoms with van der Waals surface area (Å²) in [7, 11) is -0.989. The third-order valence-electron chi connectivity index (χ3n) is 1.57. The van der Waals surface area contributed by atoms with E-state index >= 15 is 0 Å². The van der Waals surface area contributed by atoms with Gasteiger partial charge in [0.05, 0.1) is 8.07 Å². The minimum absolute atomic E-state index is 0.813. The van der Waals surface area contributed by atoms with E-state index in [9.17, 15) is 0 Å². The molecular formula is C8H17ClSi. The Bertz CT molecular complexity index is 108. The molecule has 2 heteroatoms. The predicted molar refractivity (Wildman–Crippen MR) is 52.4 cm³/mol. The molecule has 0 aliphatic carbocycles. The van der Waals surface area contributed by atoms with Gasteiger partial charge >= 0.3 is 0 Å². The first kappa shape index (κ1) is 10.2. The van der Waals surface area contributed by atoms with Crippen molar-refractivity contribution in [1.29, 1.82) is 0 Å². The van der Waals surface area contributed by atoms with Crippen molar-refractivity contribution in [1.82, 2.24) is 0 Å². The zero-order valence-electron chi connectivity index (χ0n) is 7.15. The summed E-state index contributed by atoms with van der Waals surface area (Å²) in [5.41, 5.74) is 2.37. The number of hydrogen-bond donors (Lipinski definition) is 0. The summed E-state index contributed by atoms with van der Waals surface area (Å²) in [6, 6.07) is 1.32. The fraction of sp³-hybridized carbons (Fsp3) is 0.750. The number of alkyl halides is 1. The zero-order valence-corrected chi connectivity index (χ0v) is 8.91. The first-order valence-corrected chi connectivity index (χ1v) is 7.64. The molecule has 0 aromatic rings. The molecule has 60 valence electrons. The van der Waals surface area contributed by atoms with E-state index in [1.54, 1.807) is 0 Å². The van der Waals surface area contributed by atoms with Crippen molar-refractivity contribution in [2.45, 2.75) is 32.5 Å². The smallest absolute Gasteiger partial charge is 0.0713 e. The molecule has 0 nitrogen and oxygen atoms in total. The number of hydrogen-bond acceptors (Lipinski definition) is 0. The van der Waals surface area contributed by atoms with Crippen molar-refractivity contribution in [3.05, 3.63) is 11.8 Å². The van der Waals surface area contributed by atoms with E-state index < -0.39 is 8.07 Å². The van der Waals surface area contributed by atoms with Gasteiger partial charge in [-0.3, -0.25) is 0 Å². The van der Waals surface area contributed by atoms with Gasteiger partial charge < -0.3 is 0 Å². The normalized spacial score (nSPS) is 12.8. The standard InChI is InChI=1S/C8H17ClSi/c1-4-7-10(2,3)8-5-6-9/h4,7H,5-6,8H2,1-3H3. The van der Waals surface area contributed by atoms with E-state index in [0.717, 1.165) is 5.88 Å². The summed E-state index contributed by atoms with van der Waals surface area (Å²) < 4.78 is 0. The Morgan fingerprint density at radius 1 is 1.40 bits per heavy atom. The van der Waals surface area contributed by atoms with Gasteiger partial charge in [0.2, 0.25) is 0 Å². The average Bonchev–Trinajstić information content (AvgIpc) is 1.84. The Balaban J connectivity index is 3.63. The van der Waals surface area contributed by atoms with Crippen molar-refractivity contribution in [3.63, 3.8) is 0 Å². The van der Waals surface area contributed by atoms with Crippen LogP contribution in [0.4, 0.5) is 0 Å². The van der Waals surface area contributed by atoms with Gasteiger partial charge in [0.15, 0.2) is 0 Å². The summed E-state index contributed by atoms with van der Waals surface area (Å²) in [6.45, 7) is 6.84. The average molecular weight is 177 g/mol. The van der Waals surface area contributed by atoms with Gasteiger partial charge in [-0.2, -0.15) is 0 Å². The van der Waals surface area contributed by atoms with E-state index in [2.05, 4.69) is 31.8 Å². The van der Waals surface area contributed by atoms with Crippen molar-refractivity contribution >= 4 is 19.7 Å². The summed E-state index contributed by atoms with van der Waals surface area (Å²) in [5, 5.41) is 0. The Labute approximate surface area is 70.3 Å². The monoisotopic (exact) mass is 176 g/mol. The van der Waals surface area contributed by atoms with Gasteiger partial charge in [0, 0.05) is 5.88 Å². The molecule has 0 aromatic carbocycles. The first-order valence-electron chi connectivity index (χ1n) is 3.82. The van der Waals surface area contributed by atoms with E-state index in [1.165, 1.54) is 12.5 Å². The third kappa shape index (κ3) is 5.07. The van der Waals surface area contributed by atoms with Crippen molar-refractivity contribution in [2.24, 2.45) is 0 Å². The van der Waals surface area contributed by atoms with Gasteiger partial charge in [0.25, 0.3) is 0 Å². The van der Waals surface area contributed by atoms with Crippen molar-refractivity contribution in [3.8, 4) is 0 Å². The van der Waals surface area contributed by atoms with Crippen LogP contribution in [-0.2, 0) is 0 Å². The molecule has 0 spiro atoms. The molecule has 0 unspecified atom stereocenters. The highest BCUT2D eigenvalue weighted by Crippen LogP contribution is 2.13. The van der Waals surface area contributed by atoms with Crippen LogP contribution in [0, 0.1) is 0 Å². The van der Waals surface area contributed by atoms with Crippen LogP contribution >= 0.6 is 11.6 Å². The maximum Gasteiger partial charge on any atom is 0.0713 e. The third-order valence-corrected chi connectivity index (χ3v) is 4.72. The molecule has 0 rings (SSSR count). The Morgan fingerprint density at radius 3 is 2.40 bits per heavy atom. The molecule has 0 atom stereocenters. The highest BCUT2D eigenvalue weighted by atomic mass is 35.5. The van der Waals surface area contributed by atoms with Crippen LogP contribution in [-0.4, -0.2) is 14.0 Å². The molecule has 0 aliphatic heterocycles. The van der Waals surface area contributed by atoms with Crippen LogP contribution in [0.3, 0.4) is 0 Å². The quantitative estimate of drug-likeness (QED) is 0.455. The van der Waals surface area contributed by atoms with Crippen LogP contribution in [0.2, 0.25) is 19.1 Å². The van der Waals surface area contributed by atoms with Crippen molar-refractivity contribution < 1.29 is 0 Å². The van der Waals surface area contributed by atoms with Crippen LogP contribution < -0.4 is 0 Å². The molecule has 0 heterocycles. The molecule has 0 saturated heterocycles. The van der Waals surface area contributed by atoms with Gasteiger partial charge in [-0.25, -0.2) is 0 Å². The second-order valence-electron chi connectivity index (χ2n) is 3.28. The zero-order chi connectivity index (χ0) is 8.04. The van der Waals surface area contributed by atoms with Crippen LogP contribution in [0.15, 0.2) is 11.8 Å². The fourth-order valence-electron chi connectivity index (χ4n) is 1.06. The van der Waals surface area contributed by atoms with E-state index in [4.69, 9.17) is 11.6 Å². The molecular weight excluding hydrogens is 160 g/mol. The maximum absolute atomic E-state index is 5.61. The number of halogens is 1. The van der Waals surface area contributed by atoms with E-state index in [0.29, 0.717) is 0 Å². The first-order chi connectivity index (χ1) is 4.62. The lowest BCUT2D eigenvalue weighted by atomic mass is 10.6. The second kappa shape index (κ2) is 4.97. The molecule has 10 heavy (non-hydrogen) atoms. The van der Waals surface area contributed by atoms with Crippen LogP contribution in [0.5, 0.6) is 0 Å². The minimum Gasteiger partial charge on any atom is -0.127 e. The molecule has 0 saturated carbocycles. The largest absolute Gasteiger partial charge is 0.127 e. The summed E-state index contributed by atoms with van der Waals surface area (Å²) in [5.74, 6) is 0.813. The van der Waals surface area contributed by atoms with Gasteiger partial charge in [-0.1, -0.05) is 30.9 Å². The predicted octanol–water partition coefficient (Wildman–Crippen LogP) is 3.44. The molecule has 0 aliphatic rings. The molecule has 0 fully saturated rings. The summed E-state index contributed by atoms with van der Waals surface area (Å²) >= 11 is 5.61. The molecule has 0 amide bonds. The van der Waals surface area contributed by atoms with Crippen LogP contribution in [0.25, 0.3) is 0 Å². The highest BCUT2D eigenvalue weighted by molar-refractivity contribution is 6.82. The van der Waals surface area contributed by atoms with Gasteiger partial charge in [0.1, 0.15) is 0 Å². The SMILES string of the molecule is CC=C[Si](C)(C)CCCCl. The maximum atomic E-state index is 5.61. The summed E-state index contributed by atoms with van der Waals surface area (Å²) in [4.78, 5) is 0. The number of rotatable bonds is 4. The topological polar surface area (TPSA) is 0 Å². The minimum atomic E-state index is -0.989. The lowest BCUT2D eigenvalue weighted by Gasteiger charge is -2.15. The summed E-state index contributed by atoms with van der Waals surface area (Å²) in [6.07, 6.45) is 3.34.